The standard InChI is InChI=1S/C15H22O/c1-2-3-4-5-9-12-15(16)13-14-10-7-6-8-11-14/h2,6-8,10-11,15-16H,1,3-5,9,12-13H2. The molecule has 0 spiro atoms. The summed E-state index contributed by atoms with van der Waals surface area (Å²) in [5.74, 6) is 0. The van der Waals surface area contributed by atoms with Gasteiger partial charge in [-0.1, -0.05) is 49.2 Å². The normalized spacial score (nSPS) is 12.3. The maximum atomic E-state index is 9.84. The fourth-order valence-corrected chi connectivity index (χ4v) is 1.83. The Morgan fingerprint density at radius 3 is 2.56 bits per heavy atom. The summed E-state index contributed by atoms with van der Waals surface area (Å²) in [7, 11) is 0. The molecule has 0 fully saturated rings. The Kier molecular flexibility index (Phi) is 6.59. The molecule has 0 heterocycles. The van der Waals surface area contributed by atoms with E-state index in [1.54, 1.807) is 0 Å². The second-order valence-corrected chi connectivity index (χ2v) is 4.27. The third-order valence-corrected chi connectivity index (χ3v) is 2.76. The zero-order chi connectivity index (χ0) is 11.6. The summed E-state index contributed by atoms with van der Waals surface area (Å²) < 4.78 is 0. The van der Waals surface area contributed by atoms with Gasteiger partial charge >= 0.3 is 0 Å². The Hall–Kier alpha value is -1.08. The van der Waals surface area contributed by atoms with Crippen LogP contribution in [-0.2, 0) is 6.42 Å². The first-order valence-electron chi connectivity index (χ1n) is 6.16. The van der Waals surface area contributed by atoms with E-state index >= 15 is 0 Å². The van der Waals surface area contributed by atoms with E-state index in [1.807, 2.05) is 24.3 Å². The molecule has 0 saturated heterocycles. The van der Waals surface area contributed by atoms with Gasteiger partial charge in [0.2, 0.25) is 0 Å². The van der Waals surface area contributed by atoms with Gasteiger partial charge in [0.25, 0.3) is 0 Å². The van der Waals surface area contributed by atoms with Gasteiger partial charge in [0.1, 0.15) is 0 Å². The number of aliphatic hydroxyl groups excluding tert-OH is 1. The third kappa shape index (κ3) is 5.72. The molecule has 0 aliphatic rings. The number of rotatable bonds is 8. The lowest BCUT2D eigenvalue weighted by molar-refractivity contribution is 0.161. The number of allylic oxidation sites excluding steroid dienone is 1. The predicted molar refractivity (Wildman–Crippen MR) is 69.4 cm³/mol. The number of hydrogen-bond donors (Lipinski definition) is 1. The molecule has 16 heavy (non-hydrogen) atoms. The van der Waals surface area contributed by atoms with E-state index in [-0.39, 0.29) is 6.10 Å². The maximum absolute atomic E-state index is 9.84. The Balaban J connectivity index is 2.11. The van der Waals surface area contributed by atoms with E-state index in [0.29, 0.717) is 0 Å². The van der Waals surface area contributed by atoms with Gasteiger partial charge in [-0.05, 0) is 31.2 Å². The number of unbranched alkanes of at least 4 members (excludes halogenated alkanes) is 3. The van der Waals surface area contributed by atoms with Crippen molar-refractivity contribution in [2.24, 2.45) is 0 Å². The van der Waals surface area contributed by atoms with Crippen molar-refractivity contribution in [2.75, 3.05) is 0 Å². The number of hydrogen-bond acceptors (Lipinski definition) is 1. The molecule has 1 atom stereocenters. The van der Waals surface area contributed by atoms with E-state index in [1.165, 1.54) is 18.4 Å². The Labute approximate surface area is 98.8 Å². The zero-order valence-corrected chi connectivity index (χ0v) is 9.94. The zero-order valence-electron chi connectivity index (χ0n) is 9.94. The van der Waals surface area contributed by atoms with Crippen molar-refractivity contribution >= 4 is 0 Å². The highest BCUT2D eigenvalue weighted by molar-refractivity contribution is 5.15. The second kappa shape index (κ2) is 8.12. The average molecular weight is 218 g/mol. The first-order chi connectivity index (χ1) is 7.83. The predicted octanol–water partition coefficient (Wildman–Crippen LogP) is 3.73. The van der Waals surface area contributed by atoms with Crippen molar-refractivity contribution in [1.29, 1.82) is 0 Å². The van der Waals surface area contributed by atoms with E-state index < -0.39 is 0 Å². The first-order valence-corrected chi connectivity index (χ1v) is 6.16. The van der Waals surface area contributed by atoms with Gasteiger partial charge in [-0.2, -0.15) is 0 Å². The summed E-state index contributed by atoms with van der Waals surface area (Å²) in [6.45, 7) is 3.70. The Morgan fingerprint density at radius 2 is 1.88 bits per heavy atom. The van der Waals surface area contributed by atoms with Gasteiger partial charge in [-0.15, -0.1) is 6.58 Å². The molecule has 1 rings (SSSR count). The Morgan fingerprint density at radius 1 is 1.12 bits per heavy atom. The van der Waals surface area contributed by atoms with E-state index in [2.05, 4.69) is 18.7 Å². The quantitative estimate of drug-likeness (QED) is 0.521. The van der Waals surface area contributed by atoms with E-state index in [0.717, 1.165) is 25.7 Å². The highest BCUT2D eigenvalue weighted by Gasteiger charge is 2.04. The molecule has 1 unspecified atom stereocenters. The molecule has 0 radical (unpaired) electrons. The summed E-state index contributed by atoms with van der Waals surface area (Å²) in [6, 6.07) is 10.2. The van der Waals surface area contributed by atoms with Crippen LogP contribution in [0.3, 0.4) is 0 Å². The first kappa shape index (κ1) is 13.0. The van der Waals surface area contributed by atoms with Crippen LogP contribution in [0.25, 0.3) is 0 Å². The van der Waals surface area contributed by atoms with Crippen LogP contribution in [0.2, 0.25) is 0 Å². The van der Waals surface area contributed by atoms with Gasteiger partial charge in [-0.3, -0.25) is 0 Å². The average Bonchev–Trinajstić information content (AvgIpc) is 2.30. The van der Waals surface area contributed by atoms with Gasteiger partial charge in [0.15, 0.2) is 0 Å². The van der Waals surface area contributed by atoms with Gasteiger partial charge in [-0.25, -0.2) is 0 Å². The number of benzene rings is 1. The molecule has 0 saturated carbocycles. The smallest absolute Gasteiger partial charge is 0.0580 e. The lowest BCUT2D eigenvalue weighted by Gasteiger charge is -2.10. The fraction of sp³-hybridized carbons (Fsp3) is 0.467. The maximum Gasteiger partial charge on any atom is 0.0580 e. The molecule has 1 N–H and O–H groups in total. The summed E-state index contributed by atoms with van der Waals surface area (Å²) in [6.07, 6.45) is 8.05. The molecular weight excluding hydrogens is 196 g/mol. The highest BCUT2D eigenvalue weighted by Crippen LogP contribution is 2.10. The van der Waals surface area contributed by atoms with Crippen molar-refractivity contribution in [1.82, 2.24) is 0 Å². The molecule has 0 bridgehead atoms. The van der Waals surface area contributed by atoms with Gasteiger partial charge in [0, 0.05) is 0 Å². The van der Waals surface area contributed by atoms with Crippen LogP contribution >= 0.6 is 0 Å². The van der Waals surface area contributed by atoms with E-state index in [9.17, 15) is 5.11 Å². The lowest BCUT2D eigenvalue weighted by Crippen LogP contribution is -2.09. The molecule has 1 aromatic carbocycles. The molecule has 0 amide bonds. The van der Waals surface area contributed by atoms with Crippen LogP contribution in [-0.4, -0.2) is 11.2 Å². The van der Waals surface area contributed by atoms with Crippen molar-refractivity contribution < 1.29 is 5.11 Å². The van der Waals surface area contributed by atoms with E-state index in [4.69, 9.17) is 0 Å². The SMILES string of the molecule is C=CCCCCCC(O)Cc1ccccc1. The molecule has 0 aromatic heterocycles. The summed E-state index contributed by atoms with van der Waals surface area (Å²) in [5, 5.41) is 9.84. The number of aliphatic hydroxyl groups is 1. The lowest BCUT2D eigenvalue weighted by atomic mass is 10.0. The van der Waals surface area contributed by atoms with Crippen LogP contribution < -0.4 is 0 Å². The van der Waals surface area contributed by atoms with Crippen LogP contribution in [0.15, 0.2) is 43.0 Å². The molecular formula is C15H22O. The second-order valence-electron chi connectivity index (χ2n) is 4.27. The summed E-state index contributed by atoms with van der Waals surface area (Å²) in [5.41, 5.74) is 1.22. The Bertz CT molecular complexity index is 279. The van der Waals surface area contributed by atoms with Crippen LogP contribution in [0.1, 0.15) is 37.7 Å². The van der Waals surface area contributed by atoms with Gasteiger partial charge in [0.05, 0.1) is 6.10 Å². The third-order valence-electron chi connectivity index (χ3n) is 2.76. The van der Waals surface area contributed by atoms with Gasteiger partial charge < -0.3 is 5.11 Å². The summed E-state index contributed by atoms with van der Waals surface area (Å²) >= 11 is 0. The van der Waals surface area contributed by atoms with Crippen LogP contribution in [0.5, 0.6) is 0 Å². The molecule has 0 aliphatic heterocycles. The molecule has 1 nitrogen and oxygen atoms in total. The van der Waals surface area contributed by atoms with Crippen molar-refractivity contribution in [3.05, 3.63) is 48.6 Å². The van der Waals surface area contributed by atoms with Crippen LogP contribution in [0, 0.1) is 0 Å². The molecule has 0 aliphatic carbocycles. The monoisotopic (exact) mass is 218 g/mol. The van der Waals surface area contributed by atoms with Crippen molar-refractivity contribution in [3.8, 4) is 0 Å². The molecule has 1 aromatic rings. The minimum atomic E-state index is -0.189. The largest absolute Gasteiger partial charge is 0.393 e. The van der Waals surface area contributed by atoms with Crippen molar-refractivity contribution in [2.45, 2.75) is 44.6 Å². The van der Waals surface area contributed by atoms with Crippen LogP contribution in [0.4, 0.5) is 0 Å². The topological polar surface area (TPSA) is 20.2 Å². The fourth-order valence-electron chi connectivity index (χ4n) is 1.83. The minimum absolute atomic E-state index is 0.189. The highest BCUT2D eigenvalue weighted by atomic mass is 16.3. The molecule has 1 heteroatoms. The minimum Gasteiger partial charge on any atom is -0.393 e. The molecule has 88 valence electrons. The van der Waals surface area contributed by atoms with Crippen molar-refractivity contribution in [3.63, 3.8) is 0 Å². The summed E-state index contributed by atoms with van der Waals surface area (Å²) in [4.78, 5) is 0.